The van der Waals surface area contributed by atoms with Crippen LogP contribution in [0.3, 0.4) is 0 Å². The van der Waals surface area contributed by atoms with Crippen molar-refractivity contribution in [2.24, 2.45) is 0 Å². The SMILES string of the molecule is CCCn1c(=O)[nH]c(=O)c2c(C(=O)N(Cc3ccsc3)C3CC3)cc(C(C)C)nc21. The van der Waals surface area contributed by atoms with E-state index in [0.717, 1.165) is 18.4 Å². The molecule has 0 atom stereocenters. The second-order valence-electron chi connectivity index (χ2n) is 8.15. The molecule has 1 fully saturated rings. The highest BCUT2D eigenvalue weighted by Gasteiger charge is 2.34. The number of aromatic amines is 1. The van der Waals surface area contributed by atoms with Gasteiger partial charge in [-0.1, -0.05) is 20.8 Å². The van der Waals surface area contributed by atoms with Gasteiger partial charge in [0.15, 0.2) is 5.65 Å². The summed E-state index contributed by atoms with van der Waals surface area (Å²) < 4.78 is 1.47. The number of aryl methyl sites for hydroxylation is 1. The van der Waals surface area contributed by atoms with Gasteiger partial charge >= 0.3 is 5.69 Å². The van der Waals surface area contributed by atoms with Gasteiger partial charge in [-0.05, 0) is 53.6 Å². The third-order valence-electron chi connectivity index (χ3n) is 5.42. The smallest absolute Gasteiger partial charge is 0.329 e. The first-order valence-electron chi connectivity index (χ1n) is 10.4. The summed E-state index contributed by atoms with van der Waals surface area (Å²) in [4.78, 5) is 47.8. The fourth-order valence-electron chi connectivity index (χ4n) is 3.68. The van der Waals surface area contributed by atoms with E-state index in [1.165, 1.54) is 4.57 Å². The molecule has 30 heavy (non-hydrogen) atoms. The molecule has 1 amide bonds. The second kappa shape index (κ2) is 8.18. The van der Waals surface area contributed by atoms with Gasteiger partial charge in [-0.15, -0.1) is 0 Å². The van der Waals surface area contributed by atoms with E-state index in [2.05, 4.69) is 9.97 Å². The molecule has 3 aromatic rings. The number of fused-ring (bicyclic) bond motifs is 1. The first-order chi connectivity index (χ1) is 14.4. The van der Waals surface area contributed by atoms with E-state index in [1.807, 2.05) is 42.5 Å². The topological polar surface area (TPSA) is 88.1 Å². The van der Waals surface area contributed by atoms with E-state index in [4.69, 9.17) is 0 Å². The summed E-state index contributed by atoms with van der Waals surface area (Å²) in [7, 11) is 0. The molecule has 0 bridgehead atoms. The molecule has 8 heteroatoms. The number of amides is 1. The van der Waals surface area contributed by atoms with Gasteiger partial charge < -0.3 is 4.90 Å². The zero-order valence-corrected chi connectivity index (χ0v) is 18.3. The molecule has 1 saturated carbocycles. The Balaban J connectivity index is 1.92. The third-order valence-corrected chi connectivity index (χ3v) is 6.15. The summed E-state index contributed by atoms with van der Waals surface area (Å²) in [6.07, 6.45) is 2.64. The number of nitrogens with one attached hydrogen (secondary N) is 1. The van der Waals surface area contributed by atoms with Crippen LogP contribution in [0.15, 0.2) is 32.5 Å². The van der Waals surface area contributed by atoms with E-state index in [0.29, 0.717) is 36.4 Å². The summed E-state index contributed by atoms with van der Waals surface area (Å²) in [6.45, 7) is 6.87. The Morgan fingerprint density at radius 1 is 1.37 bits per heavy atom. The van der Waals surface area contributed by atoms with Crippen molar-refractivity contribution in [2.75, 3.05) is 0 Å². The normalized spacial score (nSPS) is 13.9. The standard InChI is InChI=1S/C22H26N4O3S/c1-4-8-25-19-18(20(27)24-22(25)29)16(10-17(23-19)13(2)3)21(28)26(15-5-6-15)11-14-7-9-30-12-14/h7,9-10,12-13,15H,4-6,8,11H2,1-3H3,(H,24,27,29). The first-order valence-corrected chi connectivity index (χ1v) is 11.3. The van der Waals surface area contributed by atoms with Gasteiger partial charge in [0.25, 0.3) is 11.5 Å². The summed E-state index contributed by atoms with van der Waals surface area (Å²) in [6, 6.07) is 3.93. The molecule has 3 heterocycles. The minimum atomic E-state index is -0.556. The lowest BCUT2D eigenvalue weighted by Gasteiger charge is -2.23. The zero-order valence-electron chi connectivity index (χ0n) is 17.5. The van der Waals surface area contributed by atoms with Crippen molar-refractivity contribution in [3.63, 3.8) is 0 Å². The third kappa shape index (κ3) is 3.84. The molecule has 0 spiro atoms. The lowest BCUT2D eigenvalue weighted by atomic mass is 10.0. The molecule has 0 aliphatic heterocycles. The van der Waals surface area contributed by atoms with Crippen molar-refractivity contribution in [2.45, 2.75) is 65.1 Å². The largest absolute Gasteiger partial charge is 0.331 e. The number of nitrogens with zero attached hydrogens (tertiary/aromatic N) is 3. The molecule has 158 valence electrons. The molecule has 3 aromatic heterocycles. The van der Waals surface area contributed by atoms with E-state index in [1.54, 1.807) is 17.4 Å². The maximum absolute atomic E-state index is 13.7. The minimum absolute atomic E-state index is 0.0525. The molecule has 4 rings (SSSR count). The highest BCUT2D eigenvalue weighted by Crippen LogP contribution is 2.31. The number of hydrogen-bond donors (Lipinski definition) is 1. The van der Waals surface area contributed by atoms with Gasteiger partial charge in [0.2, 0.25) is 0 Å². The highest BCUT2D eigenvalue weighted by atomic mass is 32.1. The average Bonchev–Trinajstić information content (AvgIpc) is 3.43. The minimum Gasteiger partial charge on any atom is -0.331 e. The van der Waals surface area contributed by atoms with Crippen molar-refractivity contribution in [1.82, 2.24) is 19.4 Å². The molecule has 1 N–H and O–H groups in total. The molecular formula is C22H26N4O3S. The van der Waals surface area contributed by atoms with Crippen molar-refractivity contribution in [3.8, 4) is 0 Å². The average molecular weight is 427 g/mol. The maximum atomic E-state index is 13.7. The molecule has 0 unspecified atom stereocenters. The van der Waals surface area contributed by atoms with Crippen LogP contribution in [0.1, 0.15) is 67.6 Å². The Morgan fingerprint density at radius 2 is 2.13 bits per heavy atom. The number of H-pyrrole nitrogens is 1. The Morgan fingerprint density at radius 3 is 2.73 bits per heavy atom. The van der Waals surface area contributed by atoms with Crippen LogP contribution in [0.25, 0.3) is 11.0 Å². The van der Waals surface area contributed by atoms with Crippen molar-refractivity contribution in [3.05, 3.63) is 60.6 Å². The maximum Gasteiger partial charge on any atom is 0.329 e. The molecule has 0 radical (unpaired) electrons. The van der Waals surface area contributed by atoms with Gasteiger partial charge in [0.05, 0.1) is 10.9 Å². The quantitative estimate of drug-likeness (QED) is 0.626. The fourth-order valence-corrected chi connectivity index (χ4v) is 4.34. The Kier molecular flexibility index (Phi) is 5.60. The lowest BCUT2D eigenvalue weighted by Crippen LogP contribution is -2.36. The number of rotatable bonds is 7. The summed E-state index contributed by atoms with van der Waals surface area (Å²) in [5.74, 6) is -0.123. The van der Waals surface area contributed by atoms with Crippen molar-refractivity contribution < 1.29 is 4.79 Å². The number of carbonyl (C=O) groups excluding carboxylic acids is 1. The predicted octanol–water partition coefficient (Wildman–Crippen LogP) is 3.48. The van der Waals surface area contributed by atoms with Crippen LogP contribution in [0.2, 0.25) is 0 Å². The van der Waals surface area contributed by atoms with Crippen LogP contribution in [-0.2, 0) is 13.1 Å². The molecular weight excluding hydrogens is 400 g/mol. The van der Waals surface area contributed by atoms with Crippen LogP contribution < -0.4 is 11.2 Å². The summed E-state index contributed by atoms with van der Waals surface area (Å²) in [5.41, 5.74) is 1.37. The van der Waals surface area contributed by atoms with Crippen LogP contribution >= 0.6 is 11.3 Å². The summed E-state index contributed by atoms with van der Waals surface area (Å²) >= 11 is 1.60. The number of thiophene rings is 1. The van der Waals surface area contributed by atoms with Gasteiger partial charge in [0.1, 0.15) is 0 Å². The van der Waals surface area contributed by atoms with E-state index in [-0.39, 0.29) is 23.3 Å². The van der Waals surface area contributed by atoms with Crippen LogP contribution in [-0.4, -0.2) is 31.4 Å². The van der Waals surface area contributed by atoms with Crippen LogP contribution in [0.4, 0.5) is 0 Å². The van der Waals surface area contributed by atoms with E-state index >= 15 is 0 Å². The number of hydrogen-bond acceptors (Lipinski definition) is 5. The van der Waals surface area contributed by atoms with Gasteiger partial charge in [-0.25, -0.2) is 9.78 Å². The molecule has 0 saturated heterocycles. The Bertz CT molecular complexity index is 1190. The van der Waals surface area contributed by atoms with E-state index in [9.17, 15) is 14.4 Å². The number of aromatic nitrogens is 3. The molecule has 1 aliphatic carbocycles. The monoisotopic (exact) mass is 426 g/mol. The molecule has 0 aromatic carbocycles. The molecule has 1 aliphatic rings. The van der Waals surface area contributed by atoms with E-state index < -0.39 is 11.2 Å². The lowest BCUT2D eigenvalue weighted by molar-refractivity contribution is 0.0732. The Hall–Kier alpha value is -2.74. The van der Waals surface area contributed by atoms with Gasteiger partial charge in [-0.2, -0.15) is 11.3 Å². The van der Waals surface area contributed by atoms with Gasteiger partial charge in [-0.3, -0.25) is 19.1 Å². The van der Waals surface area contributed by atoms with Crippen LogP contribution in [0, 0.1) is 0 Å². The predicted molar refractivity (Wildman–Crippen MR) is 118 cm³/mol. The first kappa shape index (κ1) is 20.5. The fraction of sp³-hybridized carbons (Fsp3) is 0.455. The highest BCUT2D eigenvalue weighted by molar-refractivity contribution is 7.07. The second-order valence-corrected chi connectivity index (χ2v) is 8.93. The zero-order chi connectivity index (χ0) is 21.4. The van der Waals surface area contributed by atoms with Gasteiger partial charge in [0, 0.05) is 24.8 Å². The molecule has 7 nitrogen and oxygen atoms in total. The Labute approximate surface area is 178 Å². The number of pyridine rings is 1. The number of carbonyl (C=O) groups is 1. The van der Waals surface area contributed by atoms with Crippen LogP contribution in [0.5, 0.6) is 0 Å². The summed E-state index contributed by atoms with van der Waals surface area (Å²) in [5, 5.41) is 4.24. The van der Waals surface area contributed by atoms with Crippen molar-refractivity contribution >= 4 is 28.3 Å². The van der Waals surface area contributed by atoms with Crippen molar-refractivity contribution in [1.29, 1.82) is 0 Å².